The lowest BCUT2D eigenvalue weighted by molar-refractivity contribution is 0.487. The van der Waals surface area contributed by atoms with Crippen LogP contribution in [0, 0.1) is 0 Å². The van der Waals surface area contributed by atoms with Crippen molar-refractivity contribution < 1.29 is 4.74 Å². The number of hydrogen-bond acceptors (Lipinski definition) is 2. The van der Waals surface area contributed by atoms with Crippen molar-refractivity contribution in [1.82, 2.24) is 0 Å². The molecule has 0 radical (unpaired) electrons. The highest BCUT2D eigenvalue weighted by molar-refractivity contribution is 7.21. The van der Waals surface area contributed by atoms with E-state index in [2.05, 4.69) is 241 Å². The molecule has 0 saturated carbocycles. The molecule has 0 fully saturated rings. The van der Waals surface area contributed by atoms with Gasteiger partial charge in [-0.05, 0) is 102 Å². The molecule has 1 heterocycles. The van der Waals surface area contributed by atoms with E-state index in [4.69, 9.17) is 4.74 Å². The molecule has 1 aliphatic heterocycles. The van der Waals surface area contributed by atoms with E-state index >= 15 is 0 Å². The minimum atomic E-state index is -2.91. The molecule has 0 aliphatic carbocycles. The van der Waals surface area contributed by atoms with Crippen LogP contribution in [0.3, 0.4) is 0 Å². The summed E-state index contributed by atoms with van der Waals surface area (Å²) >= 11 is 0. The molecule has 278 valence electrons. The zero-order valence-corrected chi connectivity index (χ0v) is 33.4. The van der Waals surface area contributed by atoms with E-state index in [1.807, 2.05) is 0 Å². The fourth-order valence-electron chi connectivity index (χ4n) is 9.38. The van der Waals surface area contributed by atoms with Crippen molar-refractivity contribution in [1.29, 1.82) is 0 Å². The Labute approximate surface area is 345 Å². The average Bonchev–Trinajstić information content (AvgIpc) is 3.32. The first kappa shape index (κ1) is 34.8. The summed E-state index contributed by atoms with van der Waals surface area (Å²) < 4.78 is 6.70. The van der Waals surface area contributed by atoms with Crippen molar-refractivity contribution in [3.8, 4) is 33.8 Å². The Morgan fingerprint density at radius 1 is 0.322 bits per heavy atom. The molecule has 0 spiro atoms. The minimum Gasteiger partial charge on any atom is -0.458 e. The Bertz CT molecular complexity index is 3070. The number of benzene rings is 10. The summed E-state index contributed by atoms with van der Waals surface area (Å²) in [5.41, 5.74) is 8.13. The van der Waals surface area contributed by atoms with E-state index in [9.17, 15) is 0 Å². The van der Waals surface area contributed by atoms with Crippen LogP contribution in [0.4, 0.5) is 17.1 Å². The number of anilines is 3. The van der Waals surface area contributed by atoms with Crippen LogP contribution in [0.15, 0.2) is 237 Å². The molecule has 1 aliphatic rings. The first-order chi connectivity index (χ1) is 29.3. The number of fused-ring (bicyclic) bond motifs is 4. The van der Waals surface area contributed by atoms with Crippen molar-refractivity contribution in [3.05, 3.63) is 237 Å². The van der Waals surface area contributed by atoms with Crippen LogP contribution < -0.4 is 30.4 Å². The molecule has 0 N–H and O–H groups in total. The smallest absolute Gasteiger partial charge is 0.188 e. The van der Waals surface area contributed by atoms with Crippen LogP contribution in [-0.2, 0) is 0 Å². The van der Waals surface area contributed by atoms with Crippen molar-refractivity contribution >= 4 is 67.4 Å². The fourth-order valence-corrected chi connectivity index (χ4v) is 14.5. The zero-order valence-electron chi connectivity index (χ0n) is 32.4. The molecule has 0 amide bonds. The normalized spacial score (nSPS) is 12.7. The molecule has 59 heavy (non-hydrogen) atoms. The van der Waals surface area contributed by atoms with Gasteiger partial charge in [0.1, 0.15) is 11.5 Å². The van der Waals surface area contributed by atoms with E-state index in [0.717, 1.165) is 28.6 Å². The second-order valence-corrected chi connectivity index (χ2v) is 18.9. The monoisotopic (exact) mass is 769 g/mol. The summed E-state index contributed by atoms with van der Waals surface area (Å²) in [6.45, 7) is 0. The van der Waals surface area contributed by atoms with Crippen molar-refractivity contribution in [3.63, 3.8) is 0 Å². The number of nitrogens with zero attached hydrogens (tertiary/aromatic N) is 1. The molecule has 0 aromatic heterocycles. The van der Waals surface area contributed by atoms with Crippen LogP contribution in [0.1, 0.15) is 0 Å². The average molecular weight is 770 g/mol. The van der Waals surface area contributed by atoms with E-state index in [0.29, 0.717) is 0 Å². The van der Waals surface area contributed by atoms with Crippen molar-refractivity contribution in [2.75, 3.05) is 4.90 Å². The summed E-state index contributed by atoms with van der Waals surface area (Å²) in [4.78, 5) is 2.43. The summed E-state index contributed by atoms with van der Waals surface area (Å²) in [7, 11) is -2.91. The summed E-state index contributed by atoms with van der Waals surface area (Å²) in [5, 5.41) is 10.1. The van der Waals surface area contributed by atoms with Crippen LogP contribution in [-0.4, -0.2) is 8.07 Å². The highest BCUT2D eigenvalue weighted by Crippen LogP contribution is 2.41. The lowest BCUT2D eigenvalue weighted by Crippen LogP contribution is -2.76. The molecule has 11 rings (SSSR count). The quantitative estimate of drug-likeness (QED) is 0.150. The van der Waals surface area contributed by atoms with Gasteiger partial charge >= 0.3 is 0 Å². The Morgan fingerprint density at radius 3 is 1.53 bits per heavy atom. The molecule has 2 nitrogen and oxygen atoms in total. The Balaban J connectivity index is 1.14. The van der Waals surface area contributed by atoms with Gasteiger partial charge in [0.15, 0.2) is 8.07 Å². The molecule has 0 saturated heterocycles. The predicted molar refractivity (Wildman–Crippen MR) is 251 cm³/mol. The maximum absolute atomic E-state index is 6.70. The van der Waals surface area contributed by atoms with Gasteiger partial charge in [-0.2, -0.15) is 0 Å². The van der Waals surface area contributed by atoms with E-state index < -0.39 is 8.07 Å². The van der Waals surface area contributed by atoms with Crippen LogP contribution in [0.5, 0.6) is 11.5 Å². The largest absolute Gasteiger partial charge is 0.458 e. The standard InChI is InChI=1S/C56H39NOSi/c1-3-16-40(17-4-1)41-32-36-44(37-33-41)57(45-38-34-43(35-39-45)48-23-13-19-42-18-7-8-22-47(42)48)51-26-14-25-50-49(51)24-15-31-54(50)59(46-20-5-2-6-21-46)55-29-11-9-27-52(55)58-53-28-10-12-30-56(53)59/h1-39H. The topological polar surface area (TPSA) is 12.5 Å². The molecular formula is C56H39NOSi. The molecular weight excluding hydrogens is 731 g/mol. The predicted octanol–water partition coefficient (Wildman–Crippen LogP) is 12.3. The Kier molecular flexibility index (Phi) is 8.53. The van der Waals surface area contributed by atoms with Crippen molar-refractivity contribution in [2.24, 2.45) is 0 Å². The summed E-state index contributed by atoms with van der Waals surface area (Å²) in [5.74, 6) is 1.86. The van der Waals surface area contributed by atoms with Gasteiger partial charge in [0, 0.05) is 16.8 Å². The van der Waals surface area contributed by atoms with Gasteiger partial charge in [-0.1, -0.05) is 194 Å². The lowest BCUT2D eigenvalue weighted by atomic mass is 9.98. The third-order valence-electron chi connectivity index (χ3n) is 12.0. The fraction of sp³-hybridized carbons (Fsp3) is 0. The summed E-state index contributed by atoms with van der Waals surface area (Å²) in [6.07, 6.45) is 0. The van der Waals surface area contributed by atoms with Gasteiger partial charge in [-0.3, -0.25) is 0 Å². The van der Waals surface area contributed by atoms with Crippen molar-refractivity contribution in [2.45, 2.75) is 0 Å². The SMILES string of the molecule is c1ccc(-c2ccc(N(c3ccc(-c4cccc5ccccc45)cc3)c3cccc4c([Si]5(c6ccccc6)c6ccccc6Oc6ccccc65)cccc34)cc2)cc1. The third-order valence-corrected chi connectivity index (χ3v) is 16.9. The highest BCUT2D eigenvalue weighted by Gasteiger charge is 2.48. The maximum Gasteiger partial charge on any atom is 0.188 e. The van der Waals surface area contributed by atoms with E-state index in [1.165, 1.54) is 64.5 Å². The second kappa shape index (κ2) is 14.5. The van der Waals surface area contributed by atoms with Crippen LogP contribution in [0.2, 0.25) is 0 Å². The van der Waals surface area contributed by atoms with Crippen LogP contribution in [0.25, 0.3) is 43.8 Å². The van der Waals surface area contributed by atoms with Gasteiger partial charge in [0.05, 0.1) is 5.69 Å². The minimum absolute atomic E-state index is 0.932. The number of rotatable bonds is 7. The Hall–Kier alpha value is -7.46. The number of para-hydroxylation sites is 2. The van der Waals surface area contributed by atoms with E-state index in [-0.39, 0.29) is 0 Å². The zero-order chi connectivity index (χ0) is 39.2. The molecule has 10 aromatic carbocycles. The molecule has 10 aromatic rings. The molecule has 0 atom stereocenters. The number of ether oxygens (including phenoxy) is 1. The lowest BCUT2D eigenvalue weighted by Gasteiger charge is -2.40. The first-order valence-corrected chi connectivity index (χ1v) is 22.3. The van der Waals surface area contributed by atoms with Gasteiger partial charge in [-0.15, -0.1) is 0 Å². The third kappa shape index (κ3) is 5.78. The first-order valence-electron chi connectivity index (χ1n) is 20.3. The molecule has 3 heteroatoms. The van der Waals surface area contributed by atoms with Gasteiger partial charge < -0.3 is 9.64 Å². The number of hydrogen-bond donors (Lipinski definition) is 0. The van der Waals surface area contributed by atoms with Gasteiger partial charge in [-0.25, -0.2) is 0 Å². The molecule has 0 bridgehead atoms. The maximum atomic E-state index is 6.70. The van der Waals surface area contributed by atoms with E-state index in [1.54, 1.807) is 0 Å². The Morgan fingerprint density at radius 2 is 0.814 bits per heavy atom. The summed E-state index contributed by atoms with van der Waals surface area (Å²) in [6, 6.07) is 86.2. The molecule has 0 unspecified atom stereocenters. The van der Waals surface area contributed by atoms with Crippen LogP contribution >= 0.6 is 0 Å². The van der Waals surface area contributed by atoms with Gasteiger partial charge in [0.2, 0.25) is 0 Å². The second-order valence-electron chi connectivity index (χ2n) is 15.2. The highest BCUT2D eigenvalue weighted by atomic mass is 28.3. The van der Waals surface area contributed by atoms with Gasteiger partial charge in [0.25, 0.3) is 0 Å².